The Morgan fingerprint density at radius 2 is 0.273 bits per heavy atom. The first-order valence-electron chi connectivity index (χ1n) is 42.0. The van der Waals surface area contributed by atoms with E-state index < -0.39 is 0 Å². The Labute approximate surface area is 932 Å². The number of para-hydroxylation sites is 16. The molecule has 4 aliphatic heterocycles. The third kappa shape index (κ3) is 51.2. The molecule has 28 heteroatoms. The van der Waals surface area contributed by atoms with E-state index in [0.29, 0.717) is 52.9 Å². The van der Waals surface area contributed by atoms with Crippen LogP contribution in [0, 0.1) is 76.3 Å². The van der Waals surface area contributed by atoms with E-state index in [-0.39, 0.29) is 179 Å². The molecule has 8 aromatic rings. The number of rotatable bonds is 12. The number of nitrogens with zero attached hydrogens (tertiary/aromatic N) is 16. The van der Waals surface area contributed by atoms with Gasteiger partial charge in [0, 0.05) is 125 Å². The van der Waals surface area contributed by atoms with Crippen LogP contribution in [-0.4, -0.2) is 155 Å². The van der Waals surface area contributed by atoms with Gasteiger partial charge in [-0.2, -0.15) is 68.3 Å². The molecule has 0 amide bonds. The Hall–Kier alpha value is -7.06. The molecule has 2 radical (unpaired) electrons. The fourth-order valence-electron chi connectivity index (χ4n) is 11.9. The number of methoxy groups -OCH3 is 8. The van der Waals surface area contributed by atoms with Gasteiger partial charge in [0.1, 0.15) is 0 Å². The van der Waals surface area contributed by atoms with Crippen molar-refractivity contribution in [3.8, 4) is 0 Å². The average molecular weight is 2130 g/mol. The monoisotopic (exact) mass is 2130 g/mol. The Bertz CT molecular complexity index is 4690. The summed E-state index contributed by atoms with van der Waals surface area (Å²) in [5.41, 5.74) is 27.5. The minimum absolute atomic E-state index is 0. The summed E-state index contributed by atoms with van der Waals surface area (Å²) in [7, 11) is 13.2. The minimum Gasteiger partial charge on any atom is -0.662 e. The summed E-state index contributed by atoms with van der Waals surface area (Å²) in [5, 5.41) is 37.7. The number of fused-ring (bicyclic) bond motifs is 8. The van der Waals surface area contributed by atoms with E-state index in [1.165, 1.54) is 0 Å². The molecule has 4 aliphatic rings. The first kappa shape index (κ1) is 123. The van der Waals surface area contributed by atoms with Crippen LogP contribution in [0.5, 0.6) is 0 Å². The molecule has 12 rings (SSSR count). The van der Waals surface area contributed by atoms with Crippen molar-refractivity contribution in [2.75, 3.05) is 110 Å². The van der Waals surface area contributed by atoms with Crippen LogP contribution in [0.4, 0.5) is 91.0 Å². The molecule has 132 heavy (non-hydrogen) atoms. The maximum absolute atomic E-state index is 4.72. The normalized spacial score (nSPS) is 16.5. The summed E-state index contributed by atoms with van der Waals surface area (Å²) in [6, 6.07) is 63.0. The molecule has 0 fully saturated rings. The van der Waals surface area contributed by atoms with Crippen LogP contribution in [0.15, 0.2) is 328 Å². The van der Waals surface area contributed by atoms with Crippen LogP contribution in [0.3, 0.4) is 0 Å². The molecule has 0 unspecified atom stereocenters. The maximum Gasteiger partial charge on any atom is 3.00 e. The molecule has 8 aromatic carbocycles. The molecule has 4 heterocycles. The Morgan fingerprint density at radius 3 is 0.409 bits per heavy atom. The topological polar surface area (TPSA) is 286 Å². The summed E-state index contributed by atoms with van der Waals surface area (Å²) in [5.74, 6) is 0. The van der Waals surface area contributed by atoms with Crippen molar-refractivity contribution in [1.29, 1.82) is 0 Å². The quantitative estimate of drug-likeness (QED) is 0.0835. The molecule has 0 saturated carbocycles. The predicted octanol–water partition coefficient (Wildman–Crippen LogP) is 24.7. The number of benzene rings is 8. The van der Waals surface area contributed by atoms with Crippen LogP contribution < -0.4 is 103 Å². The first-order valence-corrected chi connectivity index (χ1v) is 42.0. The second-order valence-electron chi connectivity index (χ2n) is 29.1. The van der Waals surface area contributed by atoms with Gasteiger partial charge in [0.15, 0.2) is 0 Å². The van der Waals surface area contributed by atoms with E-state index in [1.807, 2.05) is 354 Å². The molecule has 0 aromatic heterocycles. The fraction of sp³-hybridized carbons (Fsp3) is 0.308. The minimum atomic E-state index is 0. The van der Waals surface area contributed by atoms with Crippen LogP contribution >= 0.6 is 0 Å². The summed E-state index contributed by atoms with van der Waals surface area (Å²) >= 11 is 0. The molecular weight excluding hydrogens is 2000 g/mol. The summed E-state index contributed by atoms with van der Waals surface area (Å²) in [6.07, 6.45) is 15.8. The molecule has 694 valence electrons. The smallest absolute Gasteiger partial charge is 0.662 e. The van der Waals surface area contributed by atoms with Gasteiger partial charge < -0.3 is 80.4 Å². The third-order valence-corrected chi connectivity index (χ3v) is 17.1. The first-order chi connectivity index (χ1) is 61.7. The van der Waals surface area contributed by atoms with Gasteiger partial charge in [-0.25, -0.2) is 0 Å². The number of ether oxygens (including phenoxy) is 8. The van der Waals surface area contributed by atoms with Crippen molar-refractivity contribution >= 4 is 137 Å². The number of hydrogen-bond donors (Lipinski definition) is 0. The second kappa shape index (κ2) is 72.3. The third-order valence-electron chi connectivity index (χ3n) is 17.1. The molecular formula is C104H128Dy2K2N16O8. The Balaban J connectivity index is 0.000000802. The second-order valence-corrected chi connectivity index (χ2v) is 29.1. The van der Waals surface area contributed by atoms with E-state index in [0.717, 1.165) is 182 Å². The number of allylic oxidation sites excluding steroid dienone is 16. The number of aliphatic imine (C=N–C) groups is 8. The van der Waals surface area contributed by atoms with E-state index in [1.54, 1.807) is 56.9 Å². The predicted molar refractivity (Wildman–Crippen MR) is 543 cm³/mol. The van der Waals surface area contributed by atoms with Gasteiger partial charge in [0.2, 0.25) is 0 Å². The van der Waals surface area contributed by atoms with Crippen LogP contribution in [0.25, 0.3) is 42.5 Å². The van der Waals surface area contributed by atoms with Gasteiger partial charge in [0.25, 0.3) is 0 Å². The zero-order valence-electron chi connectivity index (χ0n) is 81.8. The molecule has 24 nitrogen and oxygen atoms in total. The van der Waals surface area contributed by atoms with E-state index in [2.05, 4.69) is 37.9 Å². The zero-order valence-corrected chi connectivity index (χ0v) is 92.1. The van der Waals surface area contributed by atoms with Gasteiger partial charge >= 0.3 is 179 Å². The van der Waals surface area contributed by atoms with Crippen molar-refractivity contribution in [2.24, 2.45) is 39.9 Å². The van der Waals surface area contributed by atoms with Gasteiger partial charge in [0.05, 0.1) is 75.6 Å². The SMILES string of the molecule is CC1=Nc2ccccc2N=C(C)/C=C(/C)[N-]c2ccccc2[N-]/C(C)=C\1.CC1=Nc2ccccc2N=C(C)/C=C(/C)[N-]c2ccccc2[N-]/C(C)=C\1.CC1=Nc2ccccc2[N-]/C(C)=C\C(C)=Nc2ccccc2[N-]/C(C)=C\1.CC1=Nc2ccccc2[N-]/C(C)=C\C(C)=Nc2ccccc2[N-]/C(C)=C\1.COCCOC.COCCOC.COCCOC.COCCOC.[Dy+3].[Dy+3].[K+].[K+]. The molecule has 0 N–H and O–H groups in total. The Kier molecular flexibility index (Phi) is 67.4. The fourth-order valence-corrected chi connectivity index (χ4v) is 11.9. The molecule has 0 bridgehead atoms. The largest absolute Gasteiger partial charge is 3.00 e. The maximum atomic E-state index is 4.72. The van der Waals surface area contributed by atoms with Gasteiger partial charge in [-0.15, -0.1) is 22.7 Å². The van der Waals surface area contributed by atoms with Gasteiger partial charge in [-0.3, -0.25) is 39.9 Å². The molecule has 0 spiro atoms. The molecule has 0 saturated heterocycles. The summed E-state index contributed by atoms with van der Waals surface area (Å²) in [6.45, 7) is 37.1. The average Bonchev–Trinajstić information content (AvgIpc) is 0.855. The van der Waals surface area contributed by atoms with E-state index >= 15 is 0 Å². The van der Waals surface area contributed by atoms with Gasteiger partial charge in [-0.05, 0) is 104 Å². The van der Waals surface area contributed by atoms with Crippen molar-refractivity contribution in [3.63, 3.8) is 0 Å². The number of hydrogen-bond acceptors (Lipinski definition) is 16. The van der Waals surface area contributed by atoms with Crippen molar-refractivity contribution in [1.82, 2.24) is 0 Å². The van der Waals surface area contributed by atoms with Crippen molar-refractivity contribution in [3.05, 3.63) is 331 Å². The van der Waals surface area contributed by atoms with E-state index in [9.17, 15) is 0 Å². The summed E-state index contributed by atoms with van der Waals surface area (Å²) in [4.78, 5) is 37.7. The van der Waals surface area contributed by atoms with E-state index in [4.69, 9.17) is 82.5 Å². The van der Waals surface area contributed by atoms with Crippen molar-refractivity contribution in [2.45, 2.75) is 111 Å². The van der Waals surface area contributed by atoms with Crippen LogP contribution in [0.2, 0.25) is 0 Å². The van der Waals surface area contributed by atoms with Gasteiger partial charge in [-0.1, -0.05) is 250 Å². The Morgan fingerprint density at radius 1 is 0.167 bits per heavy atom. The summed E-state index contributed by atoms with van der Waals surface area (Å²) < 4.78 is 37.3. The molecule has 0 atom stereocenters. The molecule has 0 aliphatic carbocycles. The van der Waals surface area contributed by atoms with Crippen LogP contribution in [0.1, 0.15) is 111 Å². The van der Waals surface area contributed by atoms with Crippen molar-refractivity contribution < 1.29 is 217 Å². The van der Waals surface area contributed by atoms with Crippen LogP contribution in [-0.2, 0) is 37.9 Å². The zero-order chi connectivity index (χ0) is 93.4. The standard InChI is InChI=1S/4C22H22N4.4C4H10O2.2Dy.2K/c4*1-15-13-16(2)24-21-11-7-8-12-22(21)26-18(4)14-17(3)25-20-10-6-5-9-19(20)23-15;4*1-5-3-4-6-2;;;;/h4*5-14H,1-4H3;4*3-4H2,1-2H3;;;;/q4*-2;;;;;2*+3;2*+1/b2*15-13-,18-14-,24-16?,25-17?;2*15-13-,17-14-,24-16?,26-18?;;;;;;;;.